The van der Waals surface area contributed by atoms with Crippen LogP contribution in [0.1, 0.15) is 79.0 Å². The molecule has 39 heavy (non-hydrogen) atoms. The van der Waals surface area contributed by atoms with Crippen molar-refractivity contribution in [1.82, 2.24) is 14.3 Å². The third-order valence-electron chi connectivity index (χ3n) is 7.87. The summed E-state index contributed by atoms with van der Waals surface area (Å²) >= 11 is 0. The largest absolute Gasteiger partial charge is 0.368 e. The highest BCUT2D eigenvalue weighted by molar-refractivity contribution is 6.08. The van der Waals surface area contributed by atoms with E-state index in [-0.39, 0.29) is 5.56 Å². The lowest BCUT2D eigenvalue weighted by Crippen LogP contribution is -2.46. The normalized spacial score (nSPS) is 16.2. The average Bonchev–Trinajstić information content (AvgIpc) is 2.95. The maximum atomic E-state index is 13.0. The van der Waals surface area contributed by atoms with E-state index >= 15 is 0 Å². The van der Waals surface area contributed by atoms with Gasteiger partial charge in [-0.3, -0.25) is 14.2 Å². The van der Waals surface area contributed by atoms with Crippen molar-refractivity contribution in [3.8, 4) is 0 Å². The minimum atomic E-state index is -0.0892. The number of aryl methyl sites for hydroxylation is 1. The third-order valence-corrected chi connectivity index (χ3v) is 7.87. The van der Waals surface area contributed by atoms with Gasteiger partial charge in [-0.1, -0.05) is 58.4 Å². The molecule has 0 N–H and O–H groups in total. The van der Waals surface area contributed by atoms with Gasteiger partial charge in [-0.2, -0.15) is 0 Å². The summed E-state index contributed by atoms with van der Waals surface area (Å²) in [5.41, 5.74) is 7.59. The predicted molar refractivity (Wildman–Crippen MR) is 170 cm³/mol. The van der Waals surface area contributed by atoms with Gasteiger partial charge < -0.3 is 9.80 Å². The van der Waals surface area contributed by atoms with E-state index in [0.29, 0.717) is 17.1 Å². The van der Waals surface area contributed by atoms with E-state index in [4.69, 9.17) is 4.98 Å². The number of pyridine rings is 1. The number of fused-ring (bicyclic) bond motifs is 1. The van der Waals surface area contributed by atoms with Gasteiger partial charge in [-0.05, 0) is 75.8 Å². The van der Waals surface area contributed by atoms with E-state index in [1.54, 1.807) is 23.1 Å². The van der Waals surface area contributed by atoms with Gasteiger partial charge in [-0.25, -0.2) is 4.98 Å². The molecule has 6 nitrogen and oxygen atoms in total. The fourth-order valence-corrected chi connectivity index (χ4v) is 4.66. The number of hydrogen-bond acceptors (Lipinski definition) is 5. The second-order valence-electron chi connectivity index (χ2n) is 10.5. The number of hydrogen-bond donors (Lipinski definition) is 0. The van der Waals surface area contributed by atoms with Crippen LogP contribution < -0.4 is 10.5 Å². The van der Waals surface area contributed by atoms with Crippen LogP contribution in [0.25, 0.3) is 5.65 Å². The first-order chi connectivity index (χ1) is 18.6. The second-order valence-corrected chi connectivity index (χ2v) is 10.5. The van der Waals surface area contributed by atoms with Crippen molar-refractivity contribution >= 4 is 17.0 Å². The van der Waals surface area contributed by atoms with Gasteiger partial charge in [0.15, 0.2) is 0 Å². The van der Waals surface area contributed by atoms with Crippen molar-refractivity contribution < 1.29 is 0 Å². The molecule has 1 atom stereocenters. The number of anilines is 1. The van der Waals surface area contributed by atoms with Crippen LogP contribution in [-0.2, 0) is 0 Å². The van der Waals surface area contributed by atoms with Crippen LogP contribution in [0.3, 0.4) is 0 Å². The summed E-state index contributed by atoms with van der Waals surface area (Å²) in [5, 5.41) is 0. The Kier molecular flexibility index (Phi) is 12.9. The number of allylic oxidation sites excluding steroid dienone is 5. The zero-order valence-electron chi connectivity index (χ0n) is 26.0. The monoisotopic (exact) mass is 533 g/mol. The molecular weight excluding hydrogens is 482 g/mol. The highest BCUT2D eigenvalue weighted by atomic mass is 16.1. The smallest absolute Gasteiger partial charge is 0.258 e. The molecule has 2 aromatic heterocycles. The zero-order valence-corrected chi connectivity index (χ0v) is 26.0. The zero-order chi connectivity index (χ0) is 29.1. The summed E-state index contributed by atoms with van der Waals surface area (Å²) in [4.78, 5) is 26.9. The molecule has 1 unspecified atom stereocenters. The third kappa shape index (κ3) is 8.76. The van der Waals surface area contributed by atoms with Gasteiger partial charge >= 0.3 is 0 Å². The lowest BCUT2D eigenvalue weighted by atomic mass is 9.99. The number of nitrogens with zero attached hydrogens (tertiary/aromatic N) is 5. The van der Waals surface area contributed by atoms with E-state index in [9.17, 15) is 4.79 Å². The summed E-state index contributed by atoms with van der Waals surface area (Å²) in [6, 6.07) is 3.71. The van der Waals surface area contributed by atoms with Gasteiger partial charge in [0.25, 0.3) is 5.56 Å². The van der Waals surface area contributed by atoms with Gasteiger partial charge in [0.1, 0.15) is 5.65 Å². The molecule has 0 aliphatic carbocycles. The van der Waals surface area contributed by atoms with Gasteiger partial charge in [-0.15, -0.1) is 0 Å². The molecule has 6 heteroatoms. The van der Waals surface area contributed by atoms with Crippen LogP contribution in [0.15, 0.2) is 63.6 Å². The number of rotatable bonds is 9. The molecule has 3 heterocycles. The first kappa shape index (κ1) is 32.2. The van der Waals surface area contributed by atoms with Crippen molar-refractivity contribution in [2.24, 2.45) is 10.9 Å². The molecule has 1 saturated heterocycles. The Morgan fingerprint density at radius 2 is 1.79 bits per heavy atom. The Balaban J connectivity index is 0.000000510. The fourth-order valence-electron chi connectivity index (χ4n) is 4.66. The van der Waals surface area contributed by atoms with E-state index in [2.05, 4.69) is 75.1 Å². The average molecular weight is 534 g/mol. The molecule has 0 radical (unpaired) electrons. The fraction of sp³-hybridized carbons (Fsp3) is 0.545. The Morgan fingerprint density at radius 1 is 1.13 bits per heavy atom. The molecule has 0 spiro atoms. The molecule has 0 aromatic carbocycles. The topological polar surface area (TPSA) is 53.2 Å². The predicted octanol–water partition coefficient (Wildman–Crippen LogP) is 6.87. The molecule has 1 fully saturated rings. The minimum absolute atomic E-state index is 0.0892. The van der Waals surface area contributed by atoms with E-state index in [1.165, 1.54) is 12.8 Å². The molecule has 1 aliphatic rings. The van der Waals surface area contributed by atoms with Crippen molar-refractivity contribution in [3.63, 3.8) is 0 Å². The summed E-state index contributed by atoms with van der Waals surface area (Å²) in [6.45, 7) is 26.4. The quantitative estimate of drug-likeness (QED) is 0.201. The van der Waals surface area contributed by atoms with Crippen molar-refractivity contribution in [2.75, 3.05) is 44.7 Å². The first-order valence-electron chi connectivity index (χ1n) is 14.6. The lowest BCUT2D eigenvalue weighted by Gasteiger charge is -2.35. The second kappa shape index (κ2) is 15.6. The molecular formula is C33H51N5O. The van der Waals surface area contributed by atoms with Crippen LogP contribution in [-0.4, -0.2) is 59.8 Å². The highest BCUT2D eigenvalue weighted by Gasteiger charge is 2.18. The molecule has 1 aliphatic heterocycles. The minimum Gasteiger partial charge on any atom is -0.368 e. The van der Waals surface area contributed by atoms with Crippen LogP contribution in [0.5, 0.6) is 0 Å². The summed E-state index contributed by atoms with van der Waals surface area (Å²) in [6.07, 6.45) is 9.51. The first-order valence-corrected chi connectivity index (χ1v) is 14.6. The number of piperazine rings is 1. The van der Waals surface area contributed by atoms with Crippen LogP contribution in [0.4, 0.5) is 5.69 Å². The van der Waals surface area contributed by atoms with Crippen LogP contribution >= 0.6 is 0 Å². The summed E-state index contributed by atoms with van der Waals surface area (Å²) in [7, 11) is 1.73. The van der Waals surface area contributed by atoms with Crippen LogP contribution in [0, 0.1) is 12.8 Å². The molecule has 214 valence electrons. The number of aromatic nitrogens is 2. The standard InChI is InChI=1S/C24H33N5O.C9H18/c1-7-17(3)18(4)14-21(25-6)22-15-23(30)29-16-20(13-19(5)24(29)26-22)28-11-9-27(8-2)10-12-28;1-5-7-9(4)8(3)6-2/h13-16H,3,7-12H2,1-2,4-6H3;7-8H,5-6H2,1-4H3/b18-14+,25-21?;9-7-. The molecule has 0 bridgehead atoms. The van der Waals surface area contributed by atoms with Gasteiger partial charge in [0.2, 0.25) is 0 Å². The van der Waals surface area contributed by atoms with Crippen LogP contribution in [0.2, 0.25) is 0 Å². The van der Waals surface area contributed by atoms with Crippen molar-refractivity contribution in [2.45, 2.75) is 74.7 Å². The molecule has 2 aromatic rings. The maximum Gasteiger partial charge on any atom is 0.258 e. The number of aliphatic imine (C=N–C) groups is 1. The van der Waals surface area contributed by atoms with Gasteiger partial charge in [0, 0.05) is 45.5 Å². The lowest BCUT2D eigenvalue weighted by molar-refractivity contribution is 0.271. The number of likely N-dealkylation sites (N-methyl/N-ethyl adjacent to an activating group) is 1. The summed E-state index contributed by atoms with van der Waals surface area (Å²) < 4.78 is 1.66. The molecule has 3 rings (SSSR count). The van der Waals surface area contributed by atoms with E-state index in [1.807, 2.05) is 26.1 Å². The Morgan fingerprint density at radius 3 is 2.33 bits per heavy atom. The Labute approximate surface area is 236 Å². The molecule has 0 amide bonds. The van der Waals surface area contributed by atoms with Crippen molar-refractivity contribution in [1.29, 1.82) is 0 Å². The highest BCUT2D eigenvalue weighted by Crippen LogP contribution is 2.20. The van der Waals surface area contributed by atoms with E-state index in [0.717, 1.165) is 67.5 Å². The summed E-state index contributed by atoms with van der Waals surface area (Å²) in [5.74, 6) is 0.782. The van der Waals surface area contributed by atoms with E-state index < -0.39 is 0 Å². The Bertz CT molecular complexity index is 1260. The molecule has 0 saturated carbocycles. The van der Waals surface area contributed by atoms with Gasteiger partial charge in [0.05, 0.1) is 17.1 Å². The maximum absolute atomic E-state index is 13.0. The Hall–Kier alpha value is -2.99. The SMILES string of the molecule is C=C(CC)/C(C)=C/C(=NC)c1cc(=O)n2cc(N3CCN(CC)CC3)cc(C)c2n1.CC/C=C(/C)C(C)CC. The van der Waals surface area contributed by atoms with Crippen molar-refractivity contribution in [3.05, 3.63) is 75.4 Å².